The molecule has 1 N–H and O–H groups in total. The van der Waals surface area contributed by atoms with E-state index in [9.17, 15) is 14.4 Å². The topological polar surface area (TPSA) is 69.7 Å². The van der Waals surface area contributed by atoms with Crippen molar-refractivity contribution < 1.29 is 14.4 Å². The summed E-state index contributed by atoms with van der Waals surface area (Å²) >= 11 is 1.58. The van der Waals surface area contributed by atoms with Gasteiger partial charge in [0.25, 0.3) is 5.91 Å². The molecule has 1 heterocycles. The minimum absolute atomic E-state index is 0.229. The van der Waals surface area contributed by atoms with Crippen molar-refractivity contribution in [2.24, 2.45) is 0 Å². The van der Waals surface area contributed by atoms with E-state index in [1.807, 2.05) is 24.5 Å². The standard InChI is InChI=1S/C18H23N3O3S/c1-20-17(24)21(16(23)18(20)9-4-3-5-10-18)12-15(22)19-13-7-6-8-14(11-13)25-2/h6-8,11H,3-5,9-10,12H2,1-2H3,(H,19,22). The van der Waals surface area contributed by atoms with E-state index in [1.165, 1.54) is 4.90 Å². The van der Waals surface area contributed by atoms with Crippen LogP contribution in [0.1, 0.15) is 32.1 Å². The van der Waals surface area contributed by atoms with Crippen LogP contribution in [0.25, 0.3) is 0 Å². The largest absolute Gasteiger partial charge is 0.327 e. The summed E-state index contributed by atoms with van der Waals surface area (Å²) in [6, 6.07) is 7.10. The van der Waals surface area contributed by atoms with Gasteiger partial charge in [0.1, 0.15) is 12.1 Å². The van der Waals surface area contributed by atoms with E-state index in [2.05, 4.69) is 5.32 Å². The zero-order chi connectivity index (χ0) is 18.0. The number of likely N-dealkylation sites (N-methyl/N-ethyl adjacent to an activating group) is 1. The van der Waals surface area contributed by atoms with Gasteiger partial charge >= 0.3 is 6.03 Å². The molecule has 0 bridgehead atoms. The molecule has 3 rings (SSSR count). The Morgan fingerprint density at radius 1 is 1.24 bits per heavy atom. The fourth-order valence-electron chi connectivity index (χ4n) is 3.72. The van der Waals surface area contributed by atoms with Crippen LogP contribution in [-0.2, 0) is 9.59 Å². The van der Waals surface area contributed by atoms with E-state index in [4.69, 9.17) is 0 Å². The number of hydrogen-bond acceptors (Lipinski definition) is 4. The number of hydrogen-bond donors (Lipinski definition) is 1. The van der Waals surface area contributed by atoms with E-state index in [0.29, 0.717) is 18.5 Å². The number of anilines is 1. The number of benzene rings is 1. The molecule has 2 aliphatic rings. The van der Waals surface area contributed by atoms with Crippen molar-refractivity contribution in [3.05, 3.63) is 24.3 Å². The Labute approximate surface area is 151 Å². The highest BCUT2D eigenvalue weighted by Gasteiger charge is 2.55. The van der Waals surface area contributed by atoms with Crippen LogP contribution < -0.4 is 5.32 Å². The lowest BCUT2D eigenvalue weighted by Crippen LogP contribution is -2.49. The summed E-state index contributed by atoms with van der Waals surface area (Å²) in [6.07, 6.45) is 6.28. The lowest BCUT2D eigenvalue weighted by Gasteiger charge is -2.35. The molecule has 4 amide bonds. The maximum atomic E-state index is 12.9. The monoisotopic (exact) mass is 361 g/mol. The number of nitrogens with zero attached hydrogens (tertiary/aromatic N) is 2. The van der Waals surface area contributed by atoms with Crippen molar-refractivity contribution in [3.63, 3.8) is 0 Å². The van der Waals surface area contributed by atoms with Gasteiger partial charge in [-0.1, -0.05) is 25.3 Å². The molecular formula is C18H23N3O3S. The number of carbonyl (C=O) groups is 3. The van der Waals surface area contributed by atoms with Crippen LogP contribution in [-0.4, -0.2) is 53.0 Å². The molecule has 0 aromatic heterocycles. The predicted octanol–water partition coefficient (Wildman–Crippen LogP) is 2.94. The lowest BCUT2D eigenvalue weighted by atomic mass is 9.81. The van der Waals surface area contributed by atoms with Gasteiger partial charge in [-0.05, 0) is 37.3 Å². The third-order valence-electron chi connectivity index (χ3n) is 5.14. The maximum Gasteiger partial charge on any atom is 0.327 e. The van der Waals surface area contributed by atoms with Crippen LogP contribution in [0.15, 0.2) is 29.2 Å². The number of urea groups is 1. The maximum absolute atomic E-state index is 12.9. The summed E-state index contributed by atoms with van der Waals surface area (Å²) in [6.45, 7) is -0.243. The van der Waals surface area contributed by atoms with E-state index in [1.54, 1.807) is 24.9 Å². The summed E-state index contributed by atoms with van der Waals surface area (Å²) in [5.74, 6) is -0.589. The molecule has 7 heteroatoms. The first kappa shape index (κ1) is 17.8. The fourth-order valence-corrected chi connectivity index (χ4v) is 4.18. The van der Waals surface area contributed by atoms with Crippen molar-refractivity contribution in [2.45, 2.75) is 42.5 Å². The average Bonchev–Trinajstić information content (AvgIpc) is 2.79. The second-order valence-corrected chi connectivity index (χ2v) is 7.48. The van der Waals surface area contributed by atoms with Crippen molar-refractivity contribution in [3.8, 4) is 0 Å². The number of imide groups is 1. The Morgan fingerprint density at radius 2 is 1.96 bits per heavy atom. The smallest absolute Gasteiger partial charge is 0.324 e. The quantitative estimate of drug-likeness (QED) is 0.661. The van der Waals surface area contributed by atoms with Gasteiger partial charge in [-0.2, -0.15) is 0 Å². The zero-order valence-corrected chi connectivity index (χ0v) is 15.4. The van der Waals surface area contributed by atoms with Crippen LogP contribution >= 0.6 is 11.8 Å². The molecule has 1 aromatic rings. The number of amides is 4. The minimum Gasteiger partial charge on any atom is -0.324 e. The number of rotatable bonds is 4. The first-order chi connectivity index (χ1) is 12.0. The van der Waals surface area contributed by atoms with Crippen LogP contribution in [0, 0.1) is 0 Å². The van der Waals surface area contributed by atoms with Crippen LogP contribution in [0.5, 0.6) is 0 Å². The molecular weight excluding hydrogens is 338 g/mol. The lowest BCUT2D eigenvalue weighted by molar-refractivity contribution is -0.136. The highest BCUT2D eigenvalue weighted by Crippen LogP contribution is 2.39. The fraction of sp³-hybridized carbons (Fsp3) is 0.500. The molecule has 1 saturated carbocycles. The Balaban J connectivity index is 1.70. The number of thioether (sulfide) groups is 1. The van der Waals surface area contributed by atoms with Gasteiger partial charge < -0.3 is 10.2 Å². The van der Waals surface area contributed by atoms with E-state index < -0.39 is 5.54 Å². The molecule has 0 radical (unpaired) electrons. The van der Waals surface area contributed by atoms with Crippen molar-refractivity contribution >= 4 is 35.3 Å². The molecule has 1 aliphatic carbocycles. The van der Waals surface area contributed by atoms with Crippen molar-refractivity contribution in [1.29, 1.82) is 0 Å². The Hall–Kier alpha value is -2.02. The number of nitrogens with one attached hydrogen (secondary N) is 1. The number of carbonyl (C=O) groups excluding carboxylic acids is 3. The minimum atomic E-state index is -0.742. The van der Waals surface area contributed by atoms with Crippen LogP contribution in [0.4, 0.5) is 10.5 Å². The first-order valence-corrected chi connectivity index (χ1v) is 9.74. The Kier molecular flexibility index (Phi) is 5.03. The van der Waals surface area contributed by atoms with Gasteiger partial charge in [0, 0.05) is 17.6 Å². The zero-order valence-electron chi connectivity index (χ0n) is 14.6. The second kappa shape index (κ2) is 7.07. The van der Waals surface area contributed by atoms with E-state index >= 15 is 0 Å². The Bertz CT molecular complexity index is 701. The molecule has 0 unspecified atom stereocenters. The van der Waals surface area contributed by atoms with Crippen molar-refractivity contribution in [1.82, 2.24) is 9.80 Å². The van der Waals surface area contributed by atoms with Gasteiger partial charge in [0.2, 0.25) is 5.91 Å². The van der Waals surface area contributed by atoms with Gasteiger partial charge in [0.05, 0.1) is 0 Å². The SMILES string of the molecule is CSc1cccc(NC(=O)CN2C(=O)N(C)C3(CCCCC3)C2=O)c1. The summed E-state index contributed by atoms with van der Waals surface area (Å²) in [7, 11) is 1.67. The normalized spacial score (nSPS) is 19.6. The molecule has 134 valence electrons. The van der Waals surface area contributed by atoms with Gasteiger partial charge in [-0.25, -0.2) is 4.79 Å². The second-order valence-electron chi connectivity index (χ2n) is 6.61. The highest BCUT2D eigenvalue weighted by atomic mass is 32.2. The summed E-state index contributed by atoms with van der Waals surface area (Å²) in [5.41, 5.74) is -0.0781. The van der Waals surface area contributed by atoms with Crippen molar-refractivity contribution in [2.75, 3.05) is 25.2 Å². The molecule has 1 saturated heterocycles. The first-order valence-electron chi connectivity index (χ1n) is 8.51. The highest BCUT2D eigenvalue weighted by molar-refractivity contribution is 7.98. The molecule has 1 spiro atoms. The van der Waals surface area contributed by atoms with Gasteiger partial charge in [-0.15, -0.1) is 11.8 Å². The van der Waals surface area contributed by atoms with Crippen LogP contribution in [0.3, 0.4) is 0 Å². The molecule has 0 atom stereocenters. The molecule has 25 heavy (non-hydrogen) atoms. The predicted molar refractivity (Wildman–Crippen MR) is 97.5 cm³/mol. The molecule has 6 nitrogen and oxygen atoms in total. The third-order valence-corrected chi connectivity index (χ3v) is 5.86. The summed E-state index contributed by atoms with van der Waals surface area (Å²) < 4.78 is 0. The summed E-state index contributed by atoms with van der Waals surface area (Å²) in [5, 5.41) is 2.77. The summed E-state index contributed by atoms with van der Waals surface area (Å²) in [4.78, 5) is 41.4. The molecule has 2 fully saturated rings. The Morgan fingerprint density at radius 3 is 2.64 bits per heavy atom. The molecule has 1 aromatic carbocycles. The van der Waals surface area contributed by atoms with Gasteiger partial charge in [-0.3, -0.25) is 14.5 Å². The third kappa shape index (κ3) is 3.25. The average molecular weight is 361 g/mol. The van der Waals surface area contributed by atoms with E-state index in [0.717, 1.165) is 29.1 Å². The van der Waals surface area contributed by atoms with E-state index in [-0.39, 0.29) is 24.4 Å². The van der Waals surface area contributed by atoms with Crippen LogP contribution in [0.2, 0.25) is 0 Å². The van der Waals surface area contributed by atoms with Gasteiger partial charge in [0.15, 0.2) is 0 Å². The molecule has 1 aliphatic heterocycles.